The molecule has 90 valence electrons. The molecule has 17 heavy (non-hydrogen) atoms. The Morgan fingerprint density at radius 1 is 1.53 bits per heavy atom. The minimum atomic E-state index is 0.733. The summed E-state index contributed by atoms with van der Waals surface area (Å²) in [6, 6.07) is 3.82. The molecular formula is C13H16N2OS. The fourth-order valence-electron chi connectivity index (χ4n) is 1.90. The number of carbonyl (C=O) groups is 1. The van der Waals surface area contributed by atoms with Crippen molar-refractivity contribution >= 4 is 29.1 Å². The van der Waals surface area contributed by atoms with Crippen molar-refractivity contribution in [1.29, 1.82) is 0 Å². The Labute approximate surface area is 105 Å². The van der Waals surface area contributed by atoms with Crippen LogP contribution in [0.3, 0.4) is 0 Å². The third kappa shape index (κ3) is 2.69. The topological polar surface area (TPSA) is 34.9 Å². The molecule has 0 atom stereocenters. The second-order valence-electron chi connectivity index (χ2n) is 3.82. The van der Waals surface area contributed by atoms with Gasteiger partial charge in [0.25, 0.3) is 0 Å². The van der Waals surface area contributed by atoms with Crippen LogP contribution in [-0.2, 0) is 6.54 Å². The molecule has 0 aromatic carbocycles. The van der Waals surface area contributed by atoms with E-state index in [4.69, 9.17) is 0 Å². The zero-order valence-electron chi connectivity index (χ0n) is 9.93. The van der Waals surface area contributed by atoms with Crippen LogP contribution in [-0.4, -0.2) is 27.3 Å². The lowest BCUT2D eigenvalue weighted by Crippen LogP contribution is -1.98. The summed E-state index contributed by atoms with van der Waals surface area (Å²) in [5.41, 5.74) is 1.65. The Balaban J connectivity index is 2.19. The van der Waals surface area contributed by atoms with Gasteiger partial charge in [-0.15, -0.1) is 0 Å². The first-order valence-corrected chi connectivity index (χ1v) is 6.99. The number of hydrogen-bond acceptors (Lipinski definition) is 3. The summed E-state index contributed by atoms with van der Waals surface area (Å²) in [7, 11) is 0. The van der Waals surface area contributed by atoms with Gasteiger partial charge in [0.05, 0.1) is 0 Å². The van der Waals surface area contributed by atoms with Crippen molar-refractivity contribution < 1.29 is 4.79 Å². The molecule has 0 N–H and O–H groups in total. The molecule has 0 saturated heterocycles. The van der Waals surface area contributed by atoms with E-state index in [-0.39, 0.29) is 0 Å². The van der Waals surface area contributed by atoms with E-state index in [1.54, 1.807) is 6.20 Å². The standard InChI is InChI=1S/C13H16N2OS/c1-2-17-8-4-7-15-9-11(10-16)12-5-3-6-14-13(12)15/h3,5-6,9-10H,2,4,7-8H2,1H3. The summed E-state index contributed by atoms with van der Waals surface area (Å²) in [4.78, 5) is 15.3. The van der Waals surface area contributed by atoms with E-state index < -0.39 is 0 Å². The number of thioether (sulfide) groups is 1. The molecule has 0 radical (unpaired) electrons. The average molecular weight is 248 g/mol. The summed E-state index contributed by atoms with van der Waals surface area (Å²) in [6.45, 7) is 3.09. The van der Waals surface area contributed by atoms with Crippen LogP contribution in [0.4, 0.5) is 0 Å². The molecule has 0 bridgehead atoms. The monoisotopic (exact) mass is 248 g/mol. The molecule has 2 aromatic rings. The van der Waals surface area contributed by atoms with Crippen molar-refractivity contribution in [2.24, 2.45) is 0 Å². The molecule has 0 aliphatic carbocycles. The molecule has 2 rings (SSSR count). The maximum Gasteiger partial charge on any atom is 0.152 e. The predicted octanol–water partition coefficient (Wildman–Crippen LogP) is 2.99. The highest BCUT2D eigenvalue weighted by Crippen LogP contribution is 2.18. The molecule has 2 aromatic heterocycles. The molecule has 2 heterocycles. The number of hydrogen-bond donors (Lipinski definition) is 0. The lowest BCUT2D eigenvalue weighted by Gasteiger charge is -2.03. The largest absolute Gasteiger partial charge is 0.332 e. The first-order chi connectivity index (χ1) is 8.36. The van der Waals surface area contributed by atoms with Crippen molar-refractivity contribution in [2.45, 2.75) is 19.9 Å². The first-order valence-electron chi connectivity index (χ1n) is 5.83. The molecule has 0 unspecified atom stereocenters. The highest BCUT2D eigenvalue weighted by atomic mass is 32.2. The molecule has 0 aliphatic heterocycles. The highest BCUT2D eigenvalue weighted by molar-refractivity contribution is 7.99. The maximum atomic E-state index is 11.0. The number of aromatic nitrogens is 2. The smallest absolute Gasteiger partial charge is 0.152 e. The number of fused-ring (bicyclic) bond motifs is 1. The van der Waals surface area contributed by atoms with Crippen LogP contribution < -0.4 is 0 Å². The van der Waals surface area contributed by atoms with Crippen LogP contribution in [0.2, 0.25) is 0 Å². The van der Waals surface area contributed by atoms with Crippen molar-refractivity contribution in [3.8, 4) is 0 Å². The quantitative estimate of drug-likeness (QED) is 0.582. The number of nitrogens with zero attached hydrogens (tertiary/aromatic N) is 2. The molecule has 0 amide bonds. The van der Waals surface area contributed by atoms with Crippen molar-refractivity contribution in [2.75, 3.05) is 11.5 Å². The third-order valence-electron chi connectivity index (χ3n) is 2.68. The first kappa shape index (κ1) is 12.2. The van der Waals surface area contributed by atoms with E-state index in [0.29, 0.717) is 0 Å². The zero-order chi connectivity index (χ0) is 12.1. The van der Waals surface area contributed by atoms with Crippen molar-refractivity contribution in [3.05, 3.63) is 30.1 Å². The number of pyridine rings is 1. The molecule has 0 spiro atoms. The Kier molecular flexibility index (Phi) is 4.20. The fraction of sp³-hybridized carbons (Fsp3) is 0.385. The van der Waals surface area contributed by atoms with Crippen LogP contribution in [0.15, 0.2) is 24.5 Å². The van der Waals surface area contributed by atoms with Gasteiger partial charge in [-0.3, -0.25) is 4.79 Å². The van der Waals surface area contributed by atoms with Gasteiger partial charge in [0, 0.05) is 29.9 Å². The summed E-state index contributed by atoms with van der Waals surface area (Å²) in [5.74, 6) is 2.31. The fourth-order valence-corrected chi connectivity index (χ4v) is 2.52. The van der Waals surface area contributed by atoms with Gasteiger partial charge in [0.15, 0.2) is 6.29 Å². The van der Waals surface area contributed by atoms with Gasteiger partial charge in [-0.05, 0) is 30.1 Å². The van der Waals surface area contributed by atoms with Gasteiger partial charge < -0.3 is 4.57 Å². The average Bonchev–Trinajstić information content (AvgIpc) is 2.73. The molecule has 4 heteroatoms. The number of carbonyl (C=O) groups excluding carboxylic acids is 1. The lowest BCUT2D eigenvalue weighted by molar-refractivity contribution is 0.112. The van der Waals surface area contributed by atoms with E-state index >= 15 is 0 Å². The minimum absolute atomic E-state index is 0.733. The molecule has 3 nitrogen and oxygen atoms in total. The molecule has 0 fully saturated rings. The Bertz CT molecular complexity index is 507. The van der Waals surface area contributed by atoms with Gasteiger partial charge in [0.1, 0.15) is 5.65 Å². The van der Waals surface area contributed by atoms with Gasteiger partial charge >= 0.3 is 0 Å². The third-order valence-corrected chi connectivity index (χ3v) is 3.67. The highest BCUT2D eigenvalue weighted by Gasteiger charge is 2.07. The summed E-state index contributed by atoms with van der Waals surface area (Å²) >= 11 is 1.94. The van der Waals surface area contributed by atoms with Crippen molar-refractivity contribution in [1.82, 2.24) is 9.55 Å². The van der Waals surface area contributed by atoms with Gasteiger partial charge in [0.2, 0.25) is 0 Å². The molecular weight excluding hydrogens is 232 g/mol. The van der Waals surface area contributed by atoms with Crippen LogP contribution in [0.5, 0.6) is 0 Å². The Morgan fingerprint density at radius 3 is 3.18 bits per heavy atom. The van der Waals surface area contributed by atoms with Gasteiger partial charge in [-0.2, -0.15) is 11.8 Å². The number of aldehydes is 1. The van der Waals surface area contributed by atoms with Crippen LogP contribution in [0.25, 0.3) is 11.0 Å². The molecule has 0 aliphatic rings. The lowest BCUT2D eigenvalue weighted by atomic mass is 10.2. The van der Waals surface area contributed by atoms with E-state index in [1.165, 1.54) is 0 Å². The van der Waals surface area contributed by atoms with E-state index in [1.807, 2.05) is 30.1 Å². The molecule has 0 saturated carbocycles. The summed E-state index contributed by atoms with van der Waals surface area (Å²) in [5, 5.41) is 0.950. The van der Waals surface area contributed by atoms with Crippen LogP contribution in [0, 0.1) is 0 Å². The number of rotatable bonds is 6. The summed E-state index contributed by atoms with van der Waals surface area (Å²) < 4.78 is 2.08. The SMILES string of the molecule is CCSCCCn1cc(C=O)c2cccnc21. The van der Waals surface area contributed by atoms with Crippen molar-refractivity contribution in [3.63, 3.8) is 0 Å². The van der Waals surface area contributed by atoms with E-state index in [9.17, 15) is 4.79 Å². The summed E-state index contributed by atoms with van der Waals surface area (Å²) in [6.07, 6.45) is 5.69. The normalized spacial score (nSPS) is 10.9. The second kappa shape index (κ2) is 5.87. The van der Waals surface area contributed by atoms with Crippen LogP contribution in [0.1, 0.15) is 23.7 Å². The van der Waals surface area contributed by atoms with Gasteiger partial charge in [-0.25, -0.2) is 4.98 Å². The van der Waals surface area contributed by atoms with Gasteiger partial charge in [-0.1, -0.05) is 6.92 Å². The van der Waals surface area contributed by atoms with E-state index in [2.05, 4.69) is 16.5 Å². The minimum Gasteiger partial charge on any atom is -0.332 e. The zero-order valence-corrected chi connectivity index (χ0v) is 10.7. The second-order valence-corrected chi connectivity index (χ2v) is 5.21. The number of aryl methyl sites for hydroxylation is 1. The van der Waals surface area contributed by atoms with E-state index in [0.717, 1.165) is 47.4 Å². The Morgan fingerprint density at radius 2 is 2.41 bits per heavy atom. The predicted molar refractivity (Wildman–Crippen MR) is 72.7 cm³/mol. The maximum absolute atomic E-state index is 11.0. The Hall–Kier alpha value is -1.29. The van der Waals surface area contributed by atoms with Crippen LogP contribution >= 0.6 is 11.8 Å².